The van der Waals surface area contributed by atoms with Crippen molar-refractivity contribution in [3.63, 3.8) is 0 Å². The summed E-state index contributed by atoms with van der Waals surface area (Å²) in [5, 5.41) is 0.681. The molecule has 0 saturated heterocycles. The molecule has 0 aliphatic rings. The summed E-state index contributed by atoms with van der Waals surface area (Å²) in [5.41, 5.74) is 2.84. The van der Waals surface area contributed by atoms with Gasteiger partial charge in [-0.2, -0.15) is 0 Å². The first-order valence-corrected chi connectivity index (χ1v) is 8.24. The molecule has 0 bridgehead atoms. The molecule has 0 amide bonds. The van der Waals surface area contributed by atoms with Crippen molar-refractivity contribution < 1.29 is 4.74 Å². The van der Waals surface area contributed by atoms with Crippen LogP contribution in [0.4, 0.5) is 5.82 Å². The van der Waals surface area contributed by atoms with Crippen LogP contribution in [0.1, 0.15) is 11.3 Å². The minimum Gasteiger partial charge on any atom is -0.496 e. The van der Waals surface area contributed by atoms with Gasteiger partial charge in [0.1, 0.15) is 11.6 Å². The van der Waals surface area contributed by atoms with Crippen LogP contribution in [0.25, 0.3) is 11.4 Å². The monoisotopic (exact) mass is 354 g/mol. The molecule has 0 spiro atoms. The van der Waals surface area contributed by atoms with Gasteiger partial charge >= 0.3 is 0 Å². The molecule has 0 saturated carbocycles. The number of rotatable bonds is 5. The normalized spacial score (nSPS) is 10.6. The van der Waals surface area contributed by atoms with E-state index in [4.69, 9.17) is 21.3 Å². The van der Waals surface area contributed by atoms with Crippen LogP contribution in [-0.4, -0.2) is 29.1 Å². The molecule has 2 aromatic heterocycles. The van der Waals surface area contributed by atoms with Crippen LogP contribution >= 0.6 is 11.6 Å². The third-order valence-electron chi connectivity index (χ3n) is 3.82. The Morgan fingerprint density at radius 3 is 2.56 bits per heavy atom. The minimum absolute atomic E-state index is 0.621. The summed E-state index contributed by atoms with van der Waals surface area (Å²) in [5.74, 6) is 2.32. The van der Waals surface area contributed by atoms with Crippen molar-refractivity contribution in [3.05, 3.63) is 65.1 Å². The van der Waals surface area contributed by atoms with Gasteiger partial charge in [-0.25, -0.2) is 9.97 Å². The van der Waals surface area contributed by atoms with E-state index in [1.54, 1.807) is 19.5 Å². The molecule has 128 valence electrons. The molecule has 5 nitrogen and oxygen atoms in total. The van der Waals surface area contributed by atoms with Gasteiger partial charge in [-0.15, -0.1) is 0 Å². The highest BCUT2D eigenvalue weighted by Gasteiger charge is 2.12. The first kappa shape index (κ1) is 17.2. The second kappa shape index (κ2) is 7.49. The summed E-state index contributed by atoms with van der Waals surface area (Å²) in [4.78, 5) is 15.3. The first-order chi connectivity index (χ1) is 12.1. The summed E-state index contributed by atoms with van der Waals surface area (Å²) < 4.78 is 5.43. The third kappa shape index (κ3) is 4.06. The Labute approximate surface area is 152 Å². The van der Waals surface area contributed by atoms with Gasteiger partial charge in [-0.1, -0.05) is 11.6 Å². The van der Waals surface area contributed by atoms with E-state index < -0.39 is 0 Å². The van der Waals surface area contributed by atoms with Crippen molar-refractivity contribution in [2.45, 2.75) is 13.5 Å². The lowest BCUT2D eigenvalue weighted by Crippen LogP contribution is -2.19. The quantitative estimate of drug-likeness (QED) is 0.689. The molecule has 0 radical (unpaired) electrons. The highest BCUT2D eigenvalue weighted by Crippen LogP contribution is 2.26. The number of anilines is 1. The van der Waals surface area contributed by atoms with Crippen LogP contribution < -0.4 is 9.64 Å². The highest BCUT2D eigenvalue weighted by molar-refractivity contribution is 6.30. The number of ether oxygens (including phenoxy) is 1. The summed E-state index contributed by atoms with van der Waals surface area (Å²) in [6.45, 7) is 2.58. The van der Waals surface area contributed by atoms with E-state index in [9.17, 15) is 0 Å². The number of aryl methyl sites for hydroxylation is 1. The van der Waals surface area contributed by atoms with E-state index in [1.165, 1.54) is 0 Å². The zero-order valence-electron chi connectivity index (χ0n) is 14.4. The minimum atomic E-state index is 0.621. The molecule has 0 atom stereocenters. The van der Waals surface area contributed by atoms with Crippen molar-refractivity contribution >= 4 is 17.4 Å². The third-order valence-corrected chi connectivity index (χ3v) is 4.06. The van der Waals surface area contributed by atoms with E-state index in [2.05, 4.69) is 9.97 Å². The van der Waals surface area contributed by atoms with Crippen molar-refractivity contribution in [1.29, 1.82) is 0 Å². The van der Waals surface area contributed by atoms with E-state index in [1.807, 2.05) is 55.3 Å². The van der Waals surface area contributed by atoms with Crippen LogP contribution in [-0.2, 0) is 6.54 Å². The maximum Gasteiger partial charge on any atom is 0.161 e. The molecule has 0 N–H and O–H groups in total. The molecule has 2 heterocycles. The summed E-state index contributed by atoms with van der Waals surface area (Å²) in [6, 6.07) is 11.4. The van der Waals surface area contributed by atoms with Crippen LogP contribution in [0.5, 0.6) is 5.75 Å². The fourth-order valence-electron chi connectivity index (χ4n) is 2.58. The second-order valence-electron chi connectivity index (χ2n) is 5.74. The number of benzene rings is 1. The zero-order chi connectivity index (χ0) is 17.8. The Hall–Kier alpha value is -2.66. The number of aromatic nitrogens is 3. The average Bonchev–Trinajstić information content (AvgIpc) is 2.62. The Balaban J connectivity index is 1.91. The SMILES string of the molecule is COc1ccc(Cl)cc1CN(C)c1cc(C)nc(-c2ccncc2)n1. The Kier molecular flexibility index (Phi) is 5.14. The Morgan fingerprint density at radius 2 is 1.84 bits per heavy atom. The van der Waals surface area contributed by atoms with Gasteiger partial charge in [0, 0.05) is 53.9 Å². The molecule has 3 rings (SSSR count). The average molecular weight is 355 g/mol. The number of hydrogen-bond donors (Lipinski definition) is 0. The molecule has 0 aliphatic heterocycles. The van der Waals surface area contributed by atoms with Gasteiger partial charge in [0.2, 0.25) is 0 Å². The predicted octanol–water partition coefficient (Wildman–Crippen LogP) is 4.15. The fourth-order valence-corrected chi connectivity index (χ4v) is 2.78. The molecule has 0 unspecified atom stereocenters. The van der Waals surface area contributed by atoms with Crippen LogP contribution in [0, 0.1) is 6.92 Å². The summed E-state index contributed by atoms with van der Waals surface area (Å²) in [6.07, 6.45) is 3.47. The van der Waals surface area contributed by atoms with Crippen LogP contribution in [0.15, 0.2) is 48.8 Å². The standard InChI is InChI=1S/C19H19ClN4O/c1-13-10-18(23-19(22-13)14-6-8-21-9-7-14)24(2)12-15-11-16(20)4-5-17(15)25-3/h4-11H,12H2,1-3H3. The smallest absolute Gasteiger partial charge is 0.161 e. The lowest BCUT2D eigenvalue weighted by atomic mass is 10.2. The fraction of sp³-hybridized carbons (Fsp3) is 0.211. The van der Waals surface area contributed by atoms with Gasteiger partial charge in [0.05, 0.1) is 7.11 Å². The topological polar surface area (TPSA) is 51.1 Å². The predicted molar refractivity (Wildman–Crippen MR) is 100 cm³/mol. The van der Waals surface area contributed by atoms with Gasteiger partial charge in [0.15, 0.2) is 5.82 Å². The van der Waals surface area contributed by atoms with Crippen molar-refractivity contribution in [1.82, 2.24) is 15.0 Å². The van der Waals surface area contributed by atoms with E-state index >= 15 is 0 Å². The largest absolute Gasteiger partial charge is 0.496 e. The molecule has 3 aromatic rings. The Morgan fingerprint density at radius 1 is 1.08 bits per heavy atom. The van der Waals surface area contributed by atoms with E-state index in [0.29, 0.717) is 17.4 Å². The molecule has 0 fully saturated rings. The lowest BCUT2D eigenvalue weighted by molar-refractivity contribution is 0.409. The lowest BCUT2D eigenvalue weighted by Gasteiger charge is -2.21. The van der Waals surface area contributed by atoms with Gasteiger partial charge in [-0.3, -0.25) is 4.98 Å². The number of nitrogens with zero attached hydrogens (tertiary/aromatic N) is 4. The maximum absolute atomic E-state index is 6.13. The number of methoxy groups -OCH3 is 1. The van der Waals surface area contributed by atoms with Gasteiger partial charge < -0.3 is 9.64 Å². The first-order valence-electron chi connectivity index (χ1n) is 7.86. The van der Waals surface area contributed by atoms with Crippen molar-refractivity contribution in [2.24, 2.45) is 0 Å². The molecular formula is C19H19ClN4O. The summed E-state index contributed by atoms with van der Waals surface area (Å²) >= 11 is 6.13. The van der Waals surface area contributed by atoms with E-state index in [0.717, 1.165) is 28.4 Å². The molecule has 1 aromatic carbocycles. The van der Waals surface area contributed by atoms with Crippen LogP contribution in [0.3, 0.4) is 0 Å². The van der Waals surface area contributed by atoms with Crippen molar-refractivity contribution in [3.8, 4) is 17.1 Å². The van der Waals surface area contributed by atoms with Crippen LogP contribution in [0.2, 0.25) is 5.02 Å². The second-order valence-corrected chi connectivity index (χ2v) is 6.18. The maximum atomic E-state index is 6.13. The summed E-state index contributed by atoms with van der Waals surface area (Å²) in [7, 11) is 3.64. The van der Waals surface area contributed by atoms with Crippen molar-refractivity contribution in [2.75, 3.05) is 19.1 Å². The number of pyridine rings is 1. The molecule has 6 heteroatoms. The highest BCUT2D eigenvalue weighted by atomic mass is 35.5. The van der Waals surface area contributed by atoms with Gasteiger partial charge in [0.25, 0.3) is 0 Å². The van der Waals surface area contributed by atoms with Gasteiger partial charge in [-0.05, 0) is 37.3 Å². The molecule has 25 heavy (non-hydrogen) atoms. The Bertz CT molecular complexity index is 871. The molecular weight excluding hydrogens is 336 g/mol. The number of halogens is 1. The zero-order valence-corrected chi connectivity index (χ0v) is 15.2. The number of hydrogen-bond acceptors (Lipinski definition) is 5. The van der Waals surface area contributed by atoms with E-state index in [-0.39, 0.29) is 0 Å². The molecule has 0 aliphatic carbocycles.